The van der Waals surface area contributed by atoms with E-state index in [1.54, 1.807) is 0 Å². The summed E-state index contributed by atoms with van der Waals surface area (Å²) in [7, 11) is 1.21. The molecule has 2 heterocycles. The van der Waals surface area contributed by atoms with Gasteiger partial charge in [-0.1, -0.05) is 0 Å². The molecule has 1 aromatic rings. The summed E-state index contributed by atoms with van der Waals surface area (Å²) < 4.78 is 5.10. The summed E-state index contributed by atoms with van der Waals surface area (Å²) in [6, 6.07) is 2.01. The fourth-order valence-corrected chi connectivity index (χ4v) is 1.57. The van der Waals surface area contributed by atoms with Crippen molar-refractivity contribution in [2.75, 3.05) is 7.05 Å². The molecule has 9 heteroatoms. The molecular formula is C10H10N4O5. The molecule has 2 rings (SSSR count). The van der Waals surface area contributed by atoms with Crippen molar-refractivity contribution < 1.29 is 23.6 Å². The van der Waals surface area contributed by atoms with E-state index in [0.29, 0.717) is 4.90 Å². The number of carbonyl (C=O) groups excluding carboxylic acids is 4. The second-order valence-electron chi connectivity index (χ2n) is 3.78. The number of likely N-dealkylation sites (N-methyl/N-ethyl adjacent to an activating group) is 1. The lowest BCUT2D eigenvalue weighted by atomic mass is 10.4. The fourth-order valence-electron chi connectivity index (χ4n) is 1.57. The molecule has 1 saturated heterocycles. The maximum Gasteiger partial charge on any atom is 0.334 e. The van der Waals surface area contributed by atoms with Gasteiger partial charge in [0.1, 0.15) is 5.76 Å². The number of urea groups is 1. The molecule has 0 unspecified atom stereocenters. The lowest BCUT2D eigenvalue weighted by molar-refractivity contribution is -0.143. The molecule has 19 heavy (non-hydrogen) atoms. The van der Waals surface area contributed by atoms with E-state index in [1.807, 2.05) is 5.43 Å². The zero-order valence-corrected chi connectivity index (χ0v) is 9.87. The van der Waals surface area contributed by atoms with Gasteiger partial charge in [0, 0.05) is 7.05 Å². The van der Waals surface area contributed by atoms with Crippen molar-refractivity contribution in [3.8, 4) is 0 Å². The minimum atomic E-state index is -0.936. The number of carbonyl (C=O) groups is 4. The predicted molar refractivity (Wildman–Crippen MR) is 59.1 cm³/mol. The van der Waals surface area contributed by atoms with Gasteiger partial charge >= 0.3 is 23.8 Å². The minimum Gasteiger partial charge on any atom is -0.454 e. The van der Waals surface area contributed by atoms with Gasteiger partial charge in [-0.2, -0.15) is 0 Å². The van der Waals surface area contributed by atoms with Crippen molar-refractivity contribution in [2.24, 2.45) is 5.84 Å². The van der Waals surface area contributed by atoms with Gasteiger partial charge < -0.3 is 4.42 Å². The van der Waals surface area contributed by atoms with Crippen molar-refractivity contribution in [1.29, 1.82) is 0 Å². The molecule has 1 aromatic heterocycles. The Morgan fingerprint density at radius 3 is 2.53 bits per heavy atom. The Morgan fingerprint density at radius 2 is 2.00 bits per heavy atom. The van der Waals surface area contributed by atoms with Crippen LogP contribution in [0.3, 0.4) is 0 Å². The number of hydrogen-bond donors (Lipinski definition) is 2. The Balaban J connectivity index is 2.16. The Kier molecular flexibility index (Phi) is 3.05. The number of amides is 5. The third kappa shape index (κ3) is 2.06. The van der Waals surface area contributed by atoms with Crippen LogP contribution in [-0.4, -0.2) is 40.6 Å². The van der Waals surface area contributed by atoms with E-state index in [1.165, 1.54) is 19.2 Å². The number of nitrogens with zero attached hydrogens (tertiary/aromatic N) is 2. The number of nitrogen functional groups attached to an aromatic ring is 1. The van der Waals surface area contributed by atoms with Crippen LogP contribution in [0.25, 0.3) is 0 Å². The topological polar surface area (TPSA) is 126 Å². The summed E-state index contributed by atoms with van der Waals surface area (Å²) >= 11 is 0. The highest BCUT2D eigenvalue weighted by atomic mass is 16.4. The first-order valence-corrected chi connectivity index (χ1v) is 5.19. The van der Waals surface area contributed by atoms with E-state index < -0.39 is 23.8 Å². The Morgan fingerprint density at radius 1 is 1.32 bits per heavy atom. The van der Waals surface area contributed by atoms with Crippen molar-refractivity contribution in [2.45, 2.75) is 6.54 Å². The first-order valence-electron chi connectivity index (χ1n) is 5.19. The van der Waals surface area contributed by atoms with Gasteiger partial charge in [-0.15, -0.1) is 0 Å². The third-order valence-electron chi connectivity index (χ3n) is 2.58. The highest BCUT2D eigenvalue weighted by Crippen LogP contribution is 2.16. The van der Waals surface area contributed by atoms with Crippen molar-refractivity contribution >= 4 is 23.8 Å². The molecule has 1 aliphatic rings. The van der Waals surface area contributed by atoms with Gasteiger partial charge in [0.25, 0.3) is 0 Å². The molecule has 0 spiro atoms. The molecule has 100 valence electrons. The highest BCUT2D eigenvalue weighted by molar-refractivity contribution is 6.44. The summed E-state index contributed by atoms with van der Waals surface area (Å²) in [6.45, 7) is -0.231. The third-order valence-corrected chi connectivity index (χ3v) is 2.58. The monoisotopic (exact) mass is 266 g/mol. The lowest BCUT2D eigenvalue weighted by Gasteiger charge is -2.10. The van der Waals surface area contributed by atoms with E-state index in [4.69, 9.17) is 10.3 Å². The highest BCUT2D eigenvalue weighted by Gasteiger charge is 2.42. The van der Waals surface area contributed by atoms with E-state index in [0.717, 1.165) is 4.90 Å². The number of rotatable bonds is 3. The van der Waals surface area contributed by atoms with Crippen LogP contribution in [0.5, 0.6) is 0 Å². The number of hydrogen-bond acceptors (Lipinski definition) is 6. The maximum atomic E-state index is 11.6. The van der Waals surface area contributed by atoms with E-state index in [2.05, 4.69) is 0 Å². The van der Waals surface area contributed by atoms with Gasteiger partial charge in [-0.05, 0) is 12.1 Å². The van der Waals surface area contributed by atoms with Crippen LogP contribution in [0.1, 0.15) is 16.3 Å². The number of furan rings is 1. The zero-order valence-electron chi connectivity index (χ0n) is 9.87. The molecule has 0 aliphatic carbocycles. The average Bonchev–Trinajstić information content (AvgIpc) is 2.94. The molecule has 0 bridgehead atoms. The second-order valence-corrected chi connectivity index (χ2v) is 3.78. The Hall–Kier alpha value is -2.68. The maximum absolute atomic E-state index is 11.6. The molecule has 1 fully saturated rings. The zero-order chi connectivity index (χ0) is 14.2. The molecule has 0 radical (unpaired) electrons. The number of imide groups is 2. The summed E-state index contributed by atoms with van der Waals surface area (Å²) in [6.07, 6.45) is 0. The molecule has 0 atom stereocenters. The Labute approximate surface area is 106 Å². The molecular weight excluding hydrogens is 256 g/mol. The van der Waals surface area contributed by atoms with Gasteiger partial charge in [-0.3, -0.25) is 24.7 Å². The van der Waals surface area contributed by atoms with Crippen LogP contribution in [0.2, 0.25) is 0 Å². The first-order chi connectivity index (χ1) is 8.95. The minimum absolute atomic E-state index is 0.0590. The van der Waals surface area contributed by atoms with E-state index in [9.17, 15) is 19.2 Å². The molecule has 1 aliphatic heterocycles. The predicted octanol–water partition coefficient (Wildman–Crippen LogP) is -1.20. The fraction of sp³-hybridized carbons (Fsp3) is 0.200. The van der Waals surface area contributed by atoms with E-state index >= 15 is 0 Å². The molecule has 9 nitrogen and oxygen atoms in total. The van der Waals surface area contributed by atoms with Crippen LogP contribution in [0, 0.1) is 0 Å². The lowest BCUT2D eigenvalue weighted by Crippen LogP contribution is -2.31. The van der Waals surface area contributed by atoms with Crippen LogP contribution in [0.4, 0.5) is 4.79 Å². The van der Waals surface area contributed by atoms with Crippen molar-refractivity contribution in [1.82, 2.24) is 15.2 Å². The average molecular weight is 266 g/mol. The van der Waals surface area contributed by atoms with Crippen LogP contribution >= 0.6 is 0 Å². The first kappa shape index (κ1) is 12.8. The smallest absolute Gasteiger partial charge is 0.334 e. The van der Waals surface area contributed by atoms with Crippen LogP contribution in [0.15, 0.2) is 16.5 Å². The van der Waals surface area contributed by atoms with Crippen LogP contribution in [-0.2, 0) is 16.1 Å². The van der Waals surface area contributed by atoms with Crippen molar-refractivity contribution in [3.63, 3.8) is 0 Å². The van der Waals surface area contributed by atoms with Gasteiger partial charge in [0.2, 0.25) is 0 Å². The van der Waals surface area contributed by atoms with Crippen molar-refractivity contribution in [3.05, 3.63) is 23.7 Å². The molecule has 3 N–H and O–H groups in total. The van der Waals surface area contributed by atoms with Gasteiger partial charge in [-0.25, -0.2) is 15.5 Å². The molecule has 5 amide bonds. The second kappa shape index (κ2) is 4.53. The number of hydrazine groups is 1. The summed E-state index contributed by atoms with van der Waals surface area (Å²) in [5.74, 6) is 2.57. The quantitative estimate of drug-likeness (QED) is 0.233. The molecule has 0 saturated carbocycles. The Bertz CT molecular complexity index is 578. The summed E-state index contributed by atoms with van der Waals surface area (Å²) in [5, 5.41) is 0. The summed E-state index contributed by atoms with van der Waals surface area (Å²) in [5.41, 5.74) is 1.88. The van der Waals surface area contributed by atoms with Gasteiger partial charge in [0.15, 0.2) is 5.76 Å². The van der Waals surface area contributed by atoms with Gasteiger partial charge in [0.05, 0.1) is 6.54 Å². The van der Waals surface area contributed by atoms with E-state index in [-0.39, 0.29) is 18.1 Å². The summed E-state index contributed by atoms with van der Waals surface area (Å²) in [4.78, 5) is 47.0. The van der Waals surface area contributed by atoms with Crippen LogP contribution < -0.4 is 11.3 Å². The number of nitrogens with one attached hydrogen (secondary N) is 1. The largest absolute Gasteiger partial charge is 0.454 e. The normalized spacial score (nSPS) is 15.4. The molecule has 0 aromatic carbocycles. The number of nitrogens with two attached hydrogens (primary N) is 1. The SMILES string of the molecule is CN1C(=O)C(=O)N(Cc2ccc(C(=O)NN)o2)C1=O. The standard InChI is InChI=1S/C10H10N4O5/c1-13-8(16)9(17)14(10(13)18)4-5-2-3-6(19-5)7(15)12-11/h2-3H,4,11H2,1H3,(H,12,15).